The average molecular weight is 719 g/mol. The second-order valence-corrected chi connectivity index (χ2v) is 14.7. The summed E-state index contributed by atoms with van der Waals surface area (Å²) in [6.45, 7) is 0.0261. The third-order valence-corrected chi connectivity index (χ3v) is 9.96. The van der Waals surface area contributed by atoms with Crippen LogP contribution in [0.25, 0.3) is 0 Å². The number of sulfonamides is 1. The van der Waals surface area contributed by atoms with Crippen LogP contribution >= 0.6 is 15.9 Å². The maximum absolute atomic E-state index is 14.4. The van der Waals surface area contributed by atoms with Gasteiger partial charge in [0.25, 0.3) is 0 Å². The Balaban J connectivity index is 1.42. The van der Waals surface area contributed by atoms with Gasteiger partial charge in [0.15, 0.2) is 0 Å². The summed E-state index contributed by atoms with van der Waals surface area (Å²) >= 11 is 3.47. The van der Waals surface area contributed by atoms with Gasteiger partial charge in [0.05, 0.1) is 11.9 Å². The molecule has 1 unspecified atom stereocenters. The number of anilines is 1. The summed E-state index contributed by atoms with van der Waals surface area (Å²) in [6.07, 6.45) is 5.26. The molecule has 1 aliphatic carbocycles. The Bertz CT molecular complexity index is 1710. The zero-order chi connectivity index (χ0) is 33.2. The topological polar surface area (TPSA) is 96.0 Å². The molecule has 0 aliphatic heterocycles. The van der Waals surface area contributed by atoms with Crippen LogP contribution < -0.4 is 14.4 Å². The molecule has 1 aliphatic rings. The number of carbonyl (C=O) groups is 2. The molecule has 4 aromatic carbocycles. The van der Waals surface area contributed by atoms with Gasteiger partial charge in [-0.3, -0.25) is 13.9 Å². The predicted molar refractivity (Wildman–Crippen MR) is 188 cm³/mol. The molecule has 0 spiro atoms. The van der Waals surface area contributed by atoms with Crippen molar-refractivity contribution in [2.75, 3.05) is 17.1 Å². The van der Waals surface area contributed by atoms with E-state index in [0.29, 0.717) is 18.0 Å². The number of hydrogen-bond donors (Lipinski definition) is 1. The van der Waals surface area contributed by atoms with Gasteiger partial charge >= 0.3 is 0 Å². The van der Waals surface area contributed by atoms with Crippen molar-refractivity contribution in [3.05, 3.63) is 130 Å². The van der Waals surface area contributed by atoms with Crippen LogP contribution in [0.3, 0.4) is 0 Å². The van der Waals surface area contributed by atoms with Gasteiger partial charge in [0.2, 0.25) is 21.8 Å². The van der Waals surface area contributed by atoms with Crippen molar-refractivity contribution < 1.29 is 22.7 Å². The molecule has 1 saturated carbocycles. The third kappa shape index (κ3) is 9.92. The molecule has 10 heteroatoms. The summed E-state index contributed by atoms with van der Waals surface area (Å²) in [5.41, 5.74) is 3.05. The Morgan fingerprint density at radius 2 is 1.43 bits per heavy atom. The SMILES string of the molecule is CS(=O)(=O)N(CC(=O)N(Cc1ccc(Br)cc1)C(Cc1ccccc1)C(=O)NC1CCCC1)c1ccc(OCc2ccccc2)cc1. The van der Waals surface area contributed by atoms with Crippen LogP contribution in [0.1, 0.15) is 42.4 Å². The zero-order valence-corrected chi connectivity index (χ0v) is 28.8. The van der Waals surface area contributed by atoms with Crippen LogP contribution in [-0.4, -0.2) is 50.0 Å². The number of carbonyl (C=O) groups excluding carboxylic acids is 2. The Labute approximate surface area is 285 Å². The molecule has 5 rings (SSSR count). The third-order valence-electron chi connectivity index (χ3n) is 8.29. The molecule has 0 saturated heterocycles. The number of hydrogen-bond acceptors (Lipinski definition) is 5. The summed E-state index contributed by atoms with van der Waals surface area (Å²) in [7, 11) is -3.88. The summed E-state index contributed by atoms with van der Waals surface area (Å²) in [6, 6.07) is 32.7. The molecular formula is C37H40BrN3O5S. The first-order valence-corrected chi connectivity index (χ1v) is 18.4. The lowest BCUT2D eigenvalue weighted by atomic mass is 10.0. The van der Waals surface area contributed by atoms with Crippen LogP contribution in [0.2, 0.25) is 0 Å². The van der Waals surface area contributed by atoms with Crippen LogP contribution in [0.5, 0.6) is 5.75 Å². The lowest BCUT2D eigenvalue weighted by Crippen LogP contribution is -2.54. The molecule has 8 nitrogen and oxygen atoms in total. The van der Waals surface area contributed by atoms with E-state index >= 15 is 0 Å². The highest BCUT2D eigenvalue weighted by atomic mass is 79.9. The highest BCUT2D eigenvalue weighted by molar-refractivity contribution is 9.10. The molecule has 0 aromatic heterocycles. The summed E-state index contributed by atoms with van der Waals surface area (Å²) in [5.74, 6) is -0.150. The standard InChI is InChI=1S/C37H40BrN3O5S/c1-47(44,45)41(33-20-22-34(23-21-33)46-27-30-12-6-3-7-13-30)26-36(42)40(25-29-16-18-31(38)19-17-29)35(24-28-10-4-2-5-11-28)37(43)39-32-14-8-9-15-32/h2-7,10-13,16-23,32,35H,8-9,14-15,24-27H2,1H3,(H,39,43). The van der Waals surface area contributed by atoms with Crippen molar-refractivity contribution in [3.8, 4) is 5.75 Å². The Kier molecular flexibility index (Phi) is 11.7. The first-order chi connectivity index (χ1) is 22.7. The minimum absolute atomic E-state index is 0.0561. The molecule has 1 atom stereocenters. The van der Waals surface area contributed by atoms with Crippen molar-refractivity contribution in [3.63, 3.8) is 0 Å². The van der Waals surface area contributed by atoms with Gasteiger partial charge in [0, 0.05) is 23.5 Å². The van der Waals surface area contributed by atoms with E-state index in [1.165, 1.54) is 4.90 Å². The van der Waals surface area contributed by atoms with E-state index in [4.69, 9.17) is 4.74 Å². The molecule has 1 N–H and O–H groups in total. The quantitative estimate of drug-likeness (QED) is 0.161. The average Bonchev–Trinajstić information content (AvgIpc) is 3.59. The normalized spacial score (nSPS) is 13.9. The van der Waals surface area contributed by atoms with E-state index in [0.717, 1.165) is 57.4 Å². The van der Waals surface area contributed by atoms with Crippen molar-refractivity contribution in [1.82, 2.24) is 10.2 Å². The maximum atomic E-state index is 14.4. The van der Waals surface area contributed by atoms with Crippen LogP contribution in [0.15, 0.2) is 114 Å². The first-order valence-electron chi connectivity index (χ1n) is 15.8. The van der Waals surface area contributed by atoms with E-state index in [-0.39, 0.29) is 24.9 Å². The van der Waals surface area contributed by atoms with Crippen molar-refractivity contribution >= 4 is 43.5 Å². The van der Waals surface area contributed by atoms with Gasteiger partial charge in [-0.15, -0.1) is 0 Å². The van der Waals surface area contributed by atoms with Gasteiger partial charge in [-0.05, 0) is 65.9 Å². The number of nitrogens with zero attached hydrogens (tertiary/aromatic N) is 2. The van der Waals surface area contributed by atoms with Gasteiger partial charge in [-0.1, -0.05) is 102 Å². The van der Waals surface area contributed by atoms with Crippen molar-refractivity contribution in [2.45, 2.75) is 57.3 Å². The molecule has 246 valence electrons. The highest BCUT2D eigenvalue weighted by Crippen LogP contribution is 2.25. The minimum Gasteiger partial charge on any atom is -0.489 e. The molecule has 0 bridgehead atoms. The van der Waals surface area contributed by atoms with Crippen LogP contribution in [-0.2, 0) is 39.2 Å². The van der Waals surface area contributed by atoms with Crippen LogP contribution in [0.4, 0.5) is 5.69 Å². The fourth-order valence-corrected chi connectivity index (χ4v) is 6.89. The van der Waals surface area contributed by atoms with Gasteiger partial charge < -0.3 is 15.0 Å². The number of nitrogens with one attached hydrogen (secondary N) is 1. The summed E-state index contributed by atoms with van der Waals surface area (Å²) in [5, 5.41) is 3.19. The maximum Gasteiger partial charge on any atom is 0.244 e. The largest absolute Gasteiger partial charge is 0.489 e. The van der Waals surface area contributed by atoms with E-state index in [9.17, 15) is 18.0 Å². The van der Waals surface area contributed by atoms with Gasteiger partial charge in [-0.25, -0.2) is 8.42 Å². The van der Waals surface area contributed by atoms with Gasteiger partial charge in [0.1, 0.15) is 24.9 Å². The number of benzene rings is 4. The Hall–Kier alpha value is -4.15. The van der Waals surface area contributed by atoms with Gasteiger partial charge in [-0.2, -0.15) is 0 Å². The Morgan fingerprint density at radius 3 is 2.02 bits per heavy atom. The lowest BCUT2D eigenvalue weighted by molar-refractivity contribution is -0.140. The van der Waals surface area contributed by atoms with E-state index < -0.39 is 28.5 Å². The monoisotopic (exact) mass is 717 g/mol. The lowest BCUT2D eigenvalue weighted by Gasteiger charge is -2.34. The zero-order valence-electron chi connectivity index (χ0n) is 26.4. The van der Waals surface area contributed by atoms with Crippen LogP contribution in [0, 0.1) is 0 Å². The fourth-order valence-electron chi connectivity index (χ4n) is 5.77. The summed E-state index contributed by atoms with van der Waals surface area (Å²) < 4.78 is 34.1. The molecule has 4 aromatic rings. The molecule has 2 amide bonds. The number of amides is 2. The van der Waals surface area contributed by atoms with E-state index in [1.807, 2.05) is 84.9 Å². The molecule has 0 radical (unpaired) electrons. The number of rotatable bonds is 14. The Morgan fingerprint density at radius 1 is 0.830 bits per heavy atom. The second-order valence-electron chi connectivity index (χ2n) is 11.9. The molecule has 0 heterocycles. The first kappa shape index (κ1) is 34.2. The van der Waals surface area contributed by atoms with E-state index in [1.54, 1.807) is 24.3 Å². The number of halogens is 1. The summed E-state index contributed by atoms with van der Waals surface area (Å²) in [4.78, 5) is 29.9. The van der Waals surface area contributed by atoms with Crippen molar-refractivity contribution in [1.29, 1.82) is 0 Å². The minimum atomic E-state index is -3.88. The smallest absolute Gasteiger partial charge is 0.244 e. The predicted octanol–water partition coefficient (Wildman–Crippen LogP) is 6.49. The van der Waals surface area contributed by atoms with Crippen molar-refractivity contribution in [2.24, 2.45) is 0 Å². The molecule has 47 heavy (non-hydrogen) atoms. The van der Waals surface area contributed by atoms with E-state index in [2.05, 4.69) is 21.2 Å². The second kappa shape index (κ2) is 16.1. The fraction of sp³-hybridized carbons (Fsp3) is 0.297. The molecule has 1 fully saturated rings. The highest BCUT2D eigenvalue weighted by Gasteiger charge is 2.34. The number of ether oxygens (including phenoxy) is 1. The molecular weight excluding hydrogens is 678 g/mol.